The highest BCUT2D eigenvalue weighted by atomic mass is 79.9. The molecule has 0 amide bonds. The second-order valence-corrected chi connectivity index (χ2v) is 27.6. The smallest absolute Gasteiger partial charge is 0.312 e. The summed E-state index contributed by atoms with van der Waals surface area (Å²) >= 11 is 28.8. The van der Waals surface area contributed by atoms with Gasteiger partial charge in [0.25, 0.3) is 0 Å². The minimum atomic E-state index is -2.04. The Kier molecular flexibility index (Phi) is 18.1. The lowest BCUT2D eigenvalue weighted by Gasteiger charge is -2.40. The van der Waals surface area contributed by atoms with Crippen LogP contribution in [0.25, 0.3) is 0 Å². The number of methoxy groups -OCH3 is 1. The van der Waals surface area contributed by atoms with Crippen LogP contribution >= 0.6 is 82.6 Å². The number of benzene rings is 6. The number of aromatic nitrogens is 3. The van der Waals surface area contributed by atoms with Crippen LogP contribution in [0.5, 0.6) is 17.2 Å². The number of aliphatic hydroxyl groups is 8. The molecule has 3 saturated carbocycles. The van der Waals surface area contributed by atoms with Crippen molar-refractivity contribution in [2.75, 3.05) is 20.3 Å². The molecular formula is C71H61Br3Cl3N3O13. The van der Waals surface area contributed by atoms with Gasteiger partial charge in [-0.25, -0.2) is 0 Å². The topological polar surface area (TPSA) is 254 Å². The van der Waals surface area contributed by atoms with Gasteiger partial charge in [0.2, 0.25) is 0 Å². The van der Waals surface area contributed by atoms with Gasteiger partial charge in [0.05, 0.1) is 40.3 Å². The fraction of sp³-hybridized carbons (Fsp3) is 0.268. The van der Waals surface area contributed by atoms with E-state index in [2.05, 4.69) is 62.7 Å². The molecule has 0 radical (unpaired) electrons. The number of rotatable bonds is 9. The van der Waals surface area contributed by atoms with Crippen molar-refractivity contribution < 1.29 is 64.6 Å². The summed E-state index contributed by atoms with van der Waals surface area (Å²) in [6.07, 6.45) is 0.0530. The molecule has 0 spiro atoms. The molecule has 6 aromatic carbocycles. The lowest BCUT2D eigenvalue weighted by atomic mass is 9.71. The van der Waals surface area contributed by atoms with Gasteiger partial charge in [-0.2, -0.15) is 0 Å². The van der Waals surface area contributed by atoms with E-state index < -0.39 is 93.4 Å². The number of aliphatic hydroxyl groups excluding tert-OH is 5. The molecule has 3 aromatic heterocycles. The lowest BCUT2D eigenvalue weighted by Crippen LogP contribution is -2.52. The molecule has 8 N–H and O–H groups in total. The third-order valence-electron chi connectivity index (χ3n) is 19.2. The van der Waals surface area contributed by atoms with Crippen LogP contribution in [0.1, 0.15) is 75.6 Å². The standard InChI is InChI=1S/C24H19BrClNO5.2C23H19BrClNO4.CH4/c1-31-22(29)18-19(13-5-3-2-4-6-13)24(14-7-9-15(25)10-8-14)23(30,21(18)28)20-17(32-24)11-16(26)12-27-20;2*24-15-8-6-14(7-9-15)23-19(13-4-2-1-3-5-13)17(12-27)21(28)22(23,29)20-18(30-23)10-16(25)11-26-20;/h2-12,18-19,21,28,30H,1H3;2*1-11,17,19,21,27-29H,12H2;1H4/t18-,19-,21-,23+,24+;2*17-,19-,21-,22+,23+;/m111./s1. The number of fused-ring (bicyclic) bond motifs is 9. The molecule has 0 unspecified atom stereocenters. The minimum Gasteiger partial charge on any atom is -0.476 e. The number of ether oxygens (including phenoxy) is 4. The van der Waals surface area contributed by atoms with Gasteiger partial charge in [0.15, 0.2) is 33.6 Å². The fourth-order valence-electron chi connectivity index (χ4n) is 15.6. The largest absolute Gasteiger partial charge is 0.476 e. The number of carbonyl (C=O) groups excluding carboxylic acids is 1. The van der Waals surface area contributed by atoms with Crippen LogP contribution in [0, 0.1) is 17.8 Å². The fourth-order valence-corrected chi connectivity index (χ4v) is 16.8. The van der Waals surface area contributed by atoms with E-state index in [0.29, 0.717) is 48.8 Å². The van der Waals surface area contributed by atoms with Gasteiger partial charge in [-0.15, -0.1) is 0 Å². The zero-order valence-electron chi connectivity index (χ0n) is 48.4. The number of carbonyl (C=O) groups is 1. The monoisotopic (exact) mass is 1510 g/mol. The van der Waals surface area contributed by atoms with Gasteiger partial charge in [0.1, 0.15) is 40.4 Å². The number of hydrogen-bond donors (Lipinski definition) is 8. The molecule has 3 aliphatic heterocycles. The zero-order valence-corrected chi connectivity index (χ0v) is 55.4. The quantitative estimate of drug-likeness (QED) is 0.0625. The average Bonchev–Trinajstić information content (AvgIpc) is 1.52. The van der Waals surface area contributed by atoms with E-state index in [-0.39, 0.29) is 43.5 Å². The Morgan fingerprint density at radius 1 is 0.462 bits per heavy atom. The summed E-state index contributed by atoms with van der Waals surface area (Å²) in [5, 5.41) is 92.4. The van der Waals surface area contributed by atoms with Crippen molar-refractivity contribution in [3.05, 3.63) is 280 Å². The molecule has 6 aliphatic rings. The molecule has 3 aliphatic carbocycles. The minimum absolute atomic E-state index is 0. The van der Waals surface area contributed by atoms with Crippen LogP contribution in [0.2, 0.25) is 15.1 Å². The molecule has 480 valence electrons. The predicted molar refractivity (Wildman–Crippen MR) is 358 cm³/mol. The van der Waals surface area contributed by atoms with Crippen molar-refractivity contribution in [3.8, 4) is 17.2 Å². The van der Waals surface area contributed by atoms with E-state index in [1.165, 1.54) is 25.7 Å². The number of pyridine rings is 3. The van der Waals surface area contributed by atoms with Crippen molar-refractivity contribution in [1.82, 2.24) is 15.0 Å². The Bertz CT molecular complexity index is 4060. The van der Waals surface area contributed by atoms with Gasteiger partial charge in [-0.05, 0) is 69.8 Å². The van der Waals surface area contributed by atoms with Gasteiger partial charge >= 0.3 is 5.97 Å². The Balaban J connectivity index is 0.000000134. The molecule has 22 heteroatoms. The van der Waals surface area contributed by atoms with Crippen molar-refractivity contribution in [1.29, 1.82) is 0 Å². The highest BCUT2D eigenvalue weighted by Crippen LogP contribution is 2.71. The molecular weight excluding hydrogens is 1450 g/mol. The summed E-state index contributed by atoms with van der Waals surface area (Å²) in [4.78, 5) is 26.0. The summed E-state index contributed by atoms with van der Waals surface area (Å²) in [5.74, 6) is -4.08. The first-order valence-corrected chi connectivity index (χ1v) is 32.7. The number of halogens is 6. The van der Waals surface area contributed by atoms with Gasteiger partial charge < -0.3 is 59.8 Å². The Labute approximate surface area is 575 Å². The first kappa shape index (κ1) is 66.6. The molecule has 93 heavy (non-hydrogen) atoms. The van der Waals surface area contributed by atoms with Crippen LogP contribution in [-0.2, 0) is 43.1 Å². The molecule has 0 saturated heterocycles. The second-order valence-electron chi connectivity index (χ2n) is 23.6. The Morgan fingerprint density at radius 3 is 1.03 bits per heavy atom. The molecule has 16 nitrogen and oxygen atoms in total. The maximum atomic E-state index is 13.0. The van der Waals surface area contributed by atoms with E-state index >= 15 is 0 Å². The van der Waals surface area contributed by atoms with Crippen LogP contribution in [0.3, 0.4) is 0 Å². The summed E-state index contributed by atoms with van der Waals surface area (Å²) in [7, 11) is 1.26. The molecule has 15 rings (SSSR count). The third-order valence-corrected chi connectivity index (χ3v) is 21.4. The number of esters is 1. The first-order valence-electron chi connectivity index (χ1n) is 29.2. The van der Waals surface area contributed by atoms with E-state index in [1.54, 1.807) is 30.3 Å². The normalized spacial score (nSPS) is 31.0. The second kappa shape index (κ2) is 25.3. The lowest BCUT2D eigenvalue weighted by molar-refractivity contribution is -0.162. The van der Waals surface area contributed by atoms with Crippen molar-refractivity contribution >= 4 is 88.6 Å². The Morgan fingerprint density at radius 2 is 0.742 bits per heavy atom. The van der Waals surface area contributed by atoms with Crippen LogP contribution in [0.4, 0.5) is 0 Å². The SMILES string of the molecule is C.COC(=O)[C@H]1[C@@H](O)[C@@]2(O)c3ncc(Cl)cc3O[C@@]2(c2ccc(Br)cc2)[C@@H]1c1ccccc1.OC[C@H]1[C@@H](O)[C@@]2(O)c3ncc(Cl)cc3O[C@@]2(c2ccc(Br)cc2)[C@@H]1c1ccccc1.OC[C@H]1[C@@H](O)[C@@]2(O)c3ncc(Cl)cc3O[C@@]2(c2ccc(Br)cc2)[C@@H]1c1ccccc1. The summed E-state index contributed by atoms with van der Waals surface area (Å²) < 4.78 is 27.2. The molecule has 15 atom stereocenters. The van der Waals surface area contributed by atoms with Crippen LogP contribution < -0.4 is 14.2 Å². The summed E-state index contributed by atoms with van der Waals surface area (Å²) in [6, 6.07) is 55.0. The number of hydrogen-bond acceptors (Lipinski definition) is 16. The van der Waals surface area contributed by atoms with Crippen molar-refractivity contribution in [2.24, 2.45) is 17.8 Å². The molecule has 6 heterocycles. The van der Waals surface area contributed by atoms with E-state index in [1.807, 2.05) is 152 Å². The van der Waals surface area contributed by atoms with Gasteiger partial charge in [-0.1, -0.05) is 217 Å². The molecule has 9 aromatic rings. The summed E-state index contributed by atoms with van der Waals surface area (Å²) in [6.45, 7) is -0.652. The average molecular weight is 1510 g/mol. The van der Waals surface area contributed by atoms with Gasteiger partial charge in [-0.3, -0.25) is 19.7 Å². The maximum Gasteiger partial charge on any atom is 0.312 e. The highest BCUT2D eigenvalue weighted by Gasteiger charge is 2.80. The summed E-state index contributed by atoms with van der Waals surface area (Å²) in [5.41, 5.74) is -5.28. The number of nitrogens with zero attached hydrogens (tertiary/aromatic N) is 3. The molecule has 0 bridgehead atoms. The Hall–Kier alpha value is -6.37. The van der Waals surface area contributed by atoms with E-state index in [4.69, 9.17) is 53.8 Å². The zero-order chi connectivity index (χ0) is 64.9. The highest BCUT2D eigenvalue weighted by molar-refractivity contribution is 9.11. The van der Waals surface area contributed by atoms with Crippen LogP contribution in [0.15, 0.2) is 214 Å². The van der Waals surface area contributed by atoms with Crippen molar-refractivity contribution in [3.63, 3.8) is 0 Å². The van der Waals surface area contributed by atoms with Gasteiger partial charge in [0, 0.05) is 93.0 Å². The van der Waals surface area contributed by atoms with E-state index in [0.717, 1.165) is 24.5 Å². The van der Waals surface area contributed by atoms with Crippen molar-refractivity contribution in [2.45, 2.75) is 77.1 Å². The maximum absolute atomic E-state index is 13.0. The van der Waals surface area contributed by atoms with Crippen LogP contribution in [-0.4, -0.2) is 100 Å². The molecule has 3 fully saturated rings. The van der Waals surface area contributed by atoms with E-state index in [9.17, 15) is 45.6 Å². The third kappa shape index (κ3) is 9.85. The first-order chi connectivity index (χ1) is 44.2. The predicted octanol–water partition coefficient (Wildman–Crippen LogP) is 12.0.